The molecule has 0 aliphatic heterocycles. The second-order valence-electron chi connectivity index (χ2n) is 3.08. The molecule has 1 atom stereocenters. The molecule has 3 heteroatoms. The van der Waals surface area contributed by atoms with Crippen molar-refractivity contribution in [1.82, 2.24) is 0 Å². The number of halogens is 2. The number of anilines is 1. The third kappa shape index (κ3) is 2.88. The second kappa shape index (κ2) is 4.47. The summed E-state index contributed by atoms with van der Waals surface area (Å²) in [6, 6.07) is 4.72. The molecule has 0 bridgehead atoms. The standard InChI is InChI=1S/C10H13ClFN/c1-3-7(2)13-10-5-4-8(12)6-9(10)11/h4-7,13H,3H2,1-2H3. The van der Waals surface area contributed by atoms with Gasteiger partial charge in [0.1, 0.15) is 5.82 Å². The van der Waals surface area contributed by atoms with Gasteiger partial charge in [0.15, 0.2) is 0 Å². The molecule has 0 amide bonds. The minimum absolute atomic E-state index is 0.306. The van der Waals surface area contributed by atoms with E-state index in [4.69, 9.17) is 11.6 Å². The van der Waals surface area contributed by atoms with Gasteiger partial charge in [0.05, 0.1) is 10.7 Å². The monoisotopic (exact) mass is 201 g/mol. The van der Waals surface area contributed by atoms with Gasteiger partial charge in [0.2, 0.25) is 0 Å². The first-order valence-electron chi connectivity index (χ1n) is 4.35. The first-order chi connectivity index (χ1) is 6.13. The summed E-state index contributed by atoms with van der Waals surface area (Å²) in [5.41, 5.74) is 0.789. The molecule has 0 saturated carbocycles. The van der Waals surface area contributed by atoms with Crippen LogP contribution < -0.4 is 5.32 Å². The van der Waals surface area contributed by atoms with Crippen LogP contribution in [-0.2, 0) is 0 Å². The topological polar surface area (TPSA) is 12.0 Å². The smallest absolute Gasteiger partial charge is 0.124 e. The molecule has 1 rings (SSSR count). The largest absolute Gasteiger partial charge is 0.381 e. The van der Waals surface area contributed by atoms with E-state index in [2.05, 4.69) is 19.2 Å². The predicted molar refractivity (Wildman–Crippen MR) is 54.8 cm³/mol. The van der Waals surface area contributed by atoms with E-state index in [0.29, 0.717) is 11.1 Å². The molecule has 1 unspecified atom stereocenters. The molecule has 1 N–H and O–H groups in total. The van der Waals surface area contributed by atoms with Crippen molar-refractivity contribution in [2.24, 2.45) is 0 Å². The Bertz CT molecular complexity index is 288. The summed E-state index contributed by atoms with van der Waals surface area (Å²) < 4.78 is 12.7. The fraction of sp³-hybridized carbons (Fsp3) is 0.400. The van der Waals surface area contributed by atoms with Gasteiger partial charge in [-0.05, 0) is 31.5 Å². The van der Waals surface area contributed by atoms with E-state index in [-0.39, 0.29) is 5.82 Å². The Kier molecular flexibility index (Phi) is 3.55. The summed E-state index contributed by atoms with van der Waals surface area (Å²) in [6.07, 6.45) is 1.01. The van der Waals surface area contributed by atoms with Crippen LogP contribution in [0.1, 0.15) is 20.3 Å². The van der Waals surface area contributed by atoms with Crippen molar-refractivity contribution in [3.05, 3.63) is 29.0 Å². The minimum atomic E-state index is -0.306. The number of nitrogens with one attached hydrogen (secondary N) is 1. The van der Waals surface area contributed by atoms with Gasteiger partial charge in [-0.25, -0.2) is 4.39 Å². The summed E-state index contributed by atoms with van der Waals surface area (Å²) >= 11 is 5.83. The lowest BCUT2D eigenvalue weighted by atomic mass is 10.2. The van der Waals surface area contributed by atoms with Gasteiger partial charge in [-0.2, -0.15) is 0 Å². The van der Waals surface area contributed by atoms with Crippen LogP contribution in [0.5, 0.6) is 0 Å². The highest BCUT2D eigenvalue weighted by molar-refractivity contribution is 6.33. The Morgan fingerprint density at radius 2 is 2.23 bits per heavy atom. The van der Waals surface area contributed by atoms with Gasteiger partial charge in [-0.3, -0.25) is 0 Å². The average molecular weight is 202 g/mol. The molecule has 0 saturated heterocycles. The van der Waals surface area contributed by atoms with Crippen molar-refractivity contribution in [1.29, 1.82) is 0 Å². The summed E-state index contributed by atoms with van der Waals surface area (Å²) in [6.45, 7) is 4.13. The molecule has 72 valence electrons. The Hall–Kier alpha value is -0.760. The normalized spacial score (nSPS) is 12.6. The zero-order chi connectivity index (χ0) is 9.84. The van der Waals surface area contributed by atoms with Crippen LogP contribution in [0.2, 0.25) is 5.02 Å². The SMILES string of the molecule is CCC(C)Nc1ccc(F)cc1Cl. The molecule has 0 radical (unpaired) electrons. The van der Waals surface area contributed by atoms with Gasteiger partial charge in [-0.15, -0.1) is 0 Å². The van der Waals surface area contributed by atoms with Crippen LogP contribution >= 0.6 is 11.6 Å². The number of hydrogen-bond acceptors (Lipinski definition) is 1. The van der Waals surface area contributed by atoms with E-state index in [1.807, 2.05) is 0 Å². The van der Waals surface area contributed by atoms with E-state index in [1.165, 1.54) is 12.1 Å². The van der Waals surface area contributed by atoms with Crippen LogP contribution in [0.15, 0.2) is 18.2 Å². The number of hydrogen-bond donors (Lipinski definition) is 1. The lowest BCUT2D eigenvalue weighted by Gasteiger charge is -2.13. The molecule has 13 heavy (non-hydrogen) atoms. The number of rotatable bonds is 3. The van der Waals surface area contributed by atoms with Crippen LogP contribution in [0, 0.1) is 5.82 Å². The van der Waals surface area contributed by atoms with Gasteiger partial charge < -0.3 is 5.32 Å². The van der Waals surface area contributed by atoms with Crippen molar-refractivity contribution in [2.45, 2.75) is 26.3 Å². The Morgan fingerprint density at radius 3 is 2.77 bits per heavy atom. The van der Waals surface area contributed by atoms with Gasteiger partial charge in [-0.1, -0.05) is 18.5 Å². The van der Waals surface area contributed by atoms with Crippen LogP contribution in [0.4, 0.5) is 10.1 Å². The maximum absolute atomic E-state index is 12.7. The zero-order valence-corrected chi connectivity index (χ0v) is 8.53. The van der Waals surface area contributed by atoms with Crippen molar-refractivity contribution in [2.75, 3.05) is 5.32 Å². The molecule has 1 aromatic carbocycles. The van der Waals surface area contributed by atoms with Crippen LogP contribution in [0.25, 0.3) is 0 Å². The van der Waals surface area contributed by atoms with Crippen LogP contribution in [-0.4, -0.2) is 6.04 Å². The molecule has 0 spiro atoms. The van der Waals surface area contributed by atoms with E-state index in [9.17, 15) is 4.39 Å². The molecular weight excluding hydrogens is 189 g/mol. The zero-order valence-electron chi connectivity index (χ0n) is 7.77. The fourth-order valence-corrected chi connectivity index (χ4v) is 1.20. The maximum Gasteiger partial charge on any atom is 0.124 e. The van der Waals surface area contributed by atoms with Gasteiger partial charge in [0.25, 0.3) is 0 Å². The molecule has 0 heterocycles. The highest BCUT2D eigenvalue weighted by atomic mass is 35.5. The summed E-state index contributed by atoms with van der Waals surface area (Å²) in [5, 5.41) is 3.62. The fourth-order valence-electron chi connectivity index (χ4n) is 0.974. The summed E-state index contributed by atoms with van der Waals surface area (Å²) in [5.74, 6) is -0.306. The quantitative estimate of drug-likeness (QED) is 0.787. The molecular formula is C10H13ClFN. The van der Waals surface area contributed by atoms with Crippen molar-refractivity contribution in [3.63, 3.8) is 0 Å². The number of benzene rings is 1. The minimum Gasteiger partial charge on any atom is -0.381 e. The highest BCUT2D eigenvalue weighted by Crippen LogP contribution is 2.23. The van der Waals surface area contributed by atoms with Gasteiger partial charge >= 0.3 is 0 Å². The molecule has 0 fully saturated rings. The first-order valence-corrected chi connectivity index (χ1v) is 4.73. The van der Waals surface area contributed by atoms with E-state index in [0.717, 1.165) is 12.1 Å². The lowest BCUT2D eigenvalue weighted by molar-refractivity contribution is 0.628. The average Bonchev–Trinajstić information content (AvgIpc) is 2.09. The Morgan fingerprint density at radius 1 is 1.54 bits per heavy atom. The third-order valence-corrected chi connectivity index (χ3v) is 2.26. The molecule has 0 aliphatic rings. The summed E-state index contributed by atoms with van der Waals surface area (Å²) in [7, 11) is 0. The van der Waals surface area contributed by atoms with Crippen molar-refractivity contribution < 1.29 is 4.39 Å². The van der Waals surface area contributed by atoms with E-state index >= 15 is 0 Å². The molecule has 0 aliphatic carbocycles. The Balaban J connectivity index is 2.77. The predicted octanol–water partition coefficient (Wildman–Crippen LogP) is 3.69. The molecule has 1 aromatic rings. The van der Waals surface area contributed by atoms with Gasteiger partial charge in [0, 0.05) is 6.04 Å². The highest BCUT2D eigenvalue weighted by Gasteiger charge is 2.03. The molecule has 1 nitrogen and oxygen atoms in total. The third-order valence-electron chi connectivity index (χ3n) is 1.95. The summed E-state index contributed by atoms with van der Waals surface area (Å²) in [4.78, 5) is 0. The van der Waals surface area contributed by atoms with Crippen molar-refractivity contribution >= 4 is 17.3 Å². The van der Waals surface area contributed by atoms with Crippen molar-refractivity contribution in [3.8, 4) is 0 Å². The maximum atomic E-state index is 12.7. The first kappa shape index (κ1) is 10.3. The van der Waals surface area contributed by atoms with E-state index in [1.54, 1.807) is 6.07 Å². The van der Waals surface area contributed by atoms with E-state index < -0.39 is 0 Å². The molecule has 0 aromatic heterocycles. The lowest BCUT2D eigenvalue weighted by Crippen LogP contribution is -2.13. The second-order valence-corrected chi connectivity index (χ2v) is 3.49. The Labute approximate surface area is 82.9 Å². The van der Waals surface area contributed by atoms with Crippen LogP contribution in [0.3, 0.4) is 0 Å².